The highest BCUT2D eigenvalue weighted by atomic mass is 16.3. The molecule has 5 nitrogen and oxygen atoms in total. The second-order valence-corrected chi connectivity index (χ2v) is 7.29. The maximum absolute atomic E-state index is 12.0. The zero-order valence-electron chi connectivity index (χ0n) is 15.9. The molecular formula is C20H33N3O2. The molecule has 140 valence electrons. The monoisotopic (exact) mass is 347 g/mol. The topological polar surface area (TPSA) is 55.8 Å². The Kier molecular flexibility index (Phi) is 7.56. The molecule has 1 aliphatic carbocycles. The number of carbonyl (C=O) groups excluding carboxylic acids is 1. The summed E-state index contributed by atoms with van der Waals surface area (Å²) in [6, 6.07) is 9.02. The summed E-state index contributed by atoms with van der Waals surface area (Å²) in [6.07, 6.45) is 6.81. The fourth-order valence-electron chi connectivity index (χ4n) is 3.32. The minimum absolute atomic E-state index is 0.107. The van der Waals surface area contributed by atoms with Crippen LogP contribution in [0.3, 0.4) is 0 Å². The molecule has 0 aliphatic heterocycles. The van der Waals surface area contributed by atoms with Crippen LogP contribution in [0, 0.1) is 0 Å². The standard InChI is InChI=1S/C20H33N3O2/c1-16(24)13-14-22(2)20(25)21-15-17-9-11-19(12-10-17)23(3)18-7-5-4-6-8-18/h9-12,16,18,24H,4-8,13-15H2,1-3H3,(H,21,25). The highest BCUT2D eigenvalue weighted by Crippen LogP contribution is 2.26. The minimum Gasteiger partial charge on any atom is -0.393 e. The summed E-state index contributed by atoms with van der Waals surface area (Å²) in [7, 11) is 3.93. The number of benzene rings is 1. The molecule has 1 saturated carbocycles. The first-order chi connectivity index (χ1) is 12.0. The largest absolute Gasteiger partial charge is 0.393 e. The average molecular weight is 348 g/mol. The minimum atomic E-state index is -0.385. The Morgan fingerprint density at radius 3 is 2.44 bits per heavy atom. The first-order valence-corrected chi connectivity index (χ1v) is 9.46. The van der Waals surface area contributed by atoms with Crippen molar-refractivity contribution in [2.75, 3.05) is 25.5 Å². The first kappa shape index (κ1) is 19.6. The lowest BCUT2D eigenvalue weighted by molar-refractivity contribution is 0.163. The smallest absolute Gasteiger partial charge is 0.317 e. The number of amides is 2. The summed E-state index contributed by atoms with van der Waals surface area (Å²) in [4.78, 5) is 16.0. The molecule has 2 N–H and O–H groups in total. The van der Waals surface area contributed by atoms with Crippen LogP contribution in [-0.4, -0.2) is 48.8 Å². The highest BCUT2D eigenvalue weighted by Gasteiger charge is 2.18. The summed E-state index contributed by atoms with van der Waals surface area (Å²) < 4.78 is 0. The second-order valence-electron chi connectivity index (χ2n) is 7.29. The second kappa shape index (κ2) is 9.66. The van der Waals surface area contributed by atoms with E-state index in [9.17, 15) is 9.90 Å². The molecule has 1 unspecified atom stereocenters. The van der Waals surface area contributed by atoms with Crippen molar-refractivity contribution in [1.29, 1.82) is 0 Å². The fraction of sp³-hybridized carbons (Fsp3) is 0.650. The van der Waals surface area contributed by atoms with Crippen LogP contribution in [0.5, 0.6) is 0 Å². The summed E-state index contributed by atoms with van der Waals surface area (Å²) in [5, 5.41) is 12.2. The Bertz CT molecular complexity index is 524. The number of carbonyl (C=O) groups is 1. The molecule has 0 aromatic heterocycles. The van der Waals surface area contributed by atoms with Gasteiger partial charge in [-0.15, -0.1) is 0 Å². The maximum Gasteiger partial charge on any atom is 0.317 e. The molecule has 0 spiro atoms. The molecule has 1 aromatic rings. The van der Waals surface area contributed by atoms with E-state index in [2.05, 4.69) is 41.5 Å². The van der Waals surface area contributed by atoms with Gasteiger partial charge in [0, 0.05) is 38.9 Å². The van der Waals surface area contributed by atoms with Crippen molar-refractivity contribution in [3.8, 4) is 0 Å². The van der Waals surface area contributed by atoms with E-state index < -0.39 is 0 Å². The lowest BCUT2D eigenvalue weighted by Crippen LogP contribution is -2.38. The Morgan fingerprint density at radius 1 is 1.20 bits per heavy atom. The third-order valence-electron chi connectivity index (χ3n) is 5.14. The zero-order valence-corrected chi connectivity index (χ0v) is 15.9. The van der Waals surface area contributed by atoms with Crippen LogP contribution in [-0.2, 0) is 6.54 Å². The van der Waals surface area contributed by atoms with Crippen molar-refractivity contribution in [1.82, 2.24) is 10.2 Å². The van der Waals surface area contributed by atoms with Gasteiger partial charge in [0.2, 0.25) is 0 Å². The van der Waals surface area contributed by atoms with Crippen LogP contribution < -0.4 is 10.2 Å². The number of urea groups is 1. The molecule has 1 aliphatic rings. The number of nitrogens with zero attached hydrogens (tertiary/aromatic N) is 2. The molecule has 1 aromatic carbocycles. The number of aliphatic hydroxyl groups excluding tert-OH is 1. The van der Waals surface area contributed by atoms with Gasteiger partial charge in [0.1, 0.15) is 0 Å². The SMILES string of the molecule is CC(O)CCN(C)C(=O)NCc1ccc(N(C)C2CCCCC2)cc1. The number of hydrogen-bond donors (Lipinski definition) is 2. The normalized spacial score (nSPS) is 16.3. The number of aliphatic hydroxyl groups is 1. The maximum atomic E-state index is 12.0. The summed E-state index contributed by atoms with van der Waals surface area (Å²) >= 11 is 0. The van der Waals surface area contributed by atoms with Gasteiger partial charge in [-0.05, 0) is 43.9 Å². The number of rotatable bonds is 7. The van der Waals surface area contributed by atoms with Crippen molar-refractivity contribution < 1.29 is 9.90 Å². The van der Waals surface area contributed by atoms with Crippen molar-refractivity contribution in [3.05, 3.63) is 29.8 Å². The molecule has 0 bridgehead atoms. The highest BCUT2D eigenvalue weighted by molar-refractivity contribution is 5.73. The van der Waals surface area contributed by atoms with Gasteiger partial charge in [0.15, 0.2) is 0 Å². The van der Waals surface area contributed by atoms with E-state index in [1.165, 1.54) is 37.8 Å². The Morgan fingerprint density at radius 2 is 1.84 bits per heavy atom. The first-order valence-electron chi connectivity index (χ1n) is 9.46. The lowest BCUT2D eigenvalue weighted by Gasteiger charge is -2.33. The van der Waals surface area contributed by atoms with Gasteiger partial charge >= 0.3 is 6.03 Å². The fourth-order valence-corrected chi connectivity index (χ4v) is 3.32. The van der Waals surface area contributed by atoms with Crippen LogP contribution in [0.15, 0.2) is 24.3 Å². The Balaban J connectivity index is 1.80. The van der Waals surface area contributed by atoms with Gasteiger partial charge in [-0.1, -0.05) is 31.4 Å². The van der Waals surface area contributed by atoms with Gasteiger partial charge in [-0.3, -0.25) is 0 Å². The third-order valence-corrected chi connectivity index (χ3v) is 5.14. The summed E-state index contributed by atoms with van der Waals surface area (Å²) in [5.41, 5.74) is 2.34. The van der Waals surface area contributed by atoms with Crippen LogP contribution >= 0.6 is 0 Å². The van der Waals surface area contributed by atoms with E-state index in [-0.39, 0.29) is 12.1 Å². The van der Waals surface area contributed by atoms with E-state index in [0.717, 1.165) is 5.56 Å². The summed E-state index contributed by atoms with van der Waals surface area (Å²) in [5.74, 6) is 0. The molecule has 5 heteroatoms. The molecular weight excluding hydrogens is 314 g/mol. The Hall–Kier alpha value is -1.75. The molecule has 0 heterocycles. The van der Waals surface area contributed by atoms with E-state index in [0.29, 0.717) is 25.6 Å². The van der Waals surface area contributed by atoms with Crippen molar-refractivity contribution in [2.24, 2.45) is 0 Å². The quantitative estimate of drug-likeness (QED) is 0.795. The van der Waals surface area contributed by atoms with Crippen LogP contribution in [0.1, 0.15) is 51.0 Å². The third kappa shape index (κ3) is 6.24. The van der Waals surface area contributed by atoms with E-state index in [1.54, 1.807) is 18.9 Å². The molecule has 25 heavy (non-hydrogen) atoms. The van der Waals surface area contributed by atoms with Crippen LogP contribution in [0.4, 0.5) is 10.5 Å². The van der Waals surface area contributed by atoms with Crippen molar-refractivity contribution in [2.45, 2.75) is 64.1 Å². The molecule has 1 fully saturated rings. The van der Waals surface area contributed by atoms with Gasteiger partial charge in [0.25, 0.3) is 0 Å². The predicted octanol–water partition coefficient (Wildman–Crippen LogP) is 3.37. The van der Waals surface area contributed by atoms with Crippen LogP contribution in [0.2, 0.25) is 0 Å². The lowest BCUT2D eigenvalue weighted by atomic mass is 9.94. The molecule has 0 saturated heterocycles. The van der Waals surface area contributed by atoms with Gasteiger partial charge in [-0.25, -0.2) is 4.79 Å². The summed E-state index contributed by atoms with van der Waals surface area (Å²) in [6.45, 7) is 2.80. The van der Waals surface area contributed by atoms with Crippen molar-refractivity contribution >= 4 is 11.7 Å². The number of nitrogens with one attached hydrogen (secondary N) is 1. The van der Waals surface area contributed by atoms with Crippen LogP contribution in [0.25, 0.3) is 0 Å². The van der Waals surface area contributed by atoms with Gasteiger partial charge < -0.3 is 20.2 Å². The van der Waals surface area contributed by atoms with E-state index in [4.69, 9.17) is 0 Å². The van der Waals surface area contributed by atoms with Crippen molar-refractivity contribution in [3.63, 3.8) is 0 Å². The predicted molar refractivity (Wildman–Crippen MR) is 103 cm³/mol. The van der Waals surface area contributed by atoms with Gasteiger partial charge in [-0.2, -0.15) is 0 Å². The number of anilines is 1. The van der Waals surface area contributed by atoms with Gasteiger partial charge in [0.05, 0.1) is 6.10 Å². The molecule has 0 radical (unpaired) electrons. The average Bonchev–Trinajstić information content (AvgIpc) is 2.64. The zero-order chi connectivity index (χ0) is 18.2. The molecule has 2 amide bonds. The number of hydrogen-bond acceptors (Lipinski definition) is 3. The molecule has 1 atom stereocenters. The van der Waals surface area contributed by atoms with E-state index >= 15 is 0 Å². The van der Waals surface area contributed by atoms with E-state index in [1.807, 2.05) is 0 Å². The Labute approximate surface area is 152 Å². The molecule has 2 rings (SSSR count).